The lowest BCUT2D eigenvalue weighted by molar-refractivity contribution is -0.186. The van der Waals surface area contributed by atoms with Crippen LogP contribution in [0.2, 0.25) is 0 Å². The van der Waals surface area contributed by atoms with Gasteiger partial charge in [0.1, 0.15) is 0 Å². The minimum Gasteiger partial charge on any atom is -0.465 e. The zero-order valence-corrected chi connectivity index (χ0v) is 16.2. The van der Waals surface area contributed by atoms with Gasteiger partial charge in [-0.3, -0.25) is 9.35 Å². The number of carbonyl (C=O) groups is 1. The quantitative estimate of drug-likeness (QED) is 0.416. The summed E-state index contributed by atoms with van der Waals surface area (Å²) in [5.74, 6) is -5.96. The van der Waals surface area contributed by atoms with Gasteiger partial charge in [-0.1, -0.05) is 41.5 Å². The lowest BCUT2D eigenvalue weighted by Crippen LogP contribution is -2.51. The van der Waals surface area contributed by atoms with Crippen molar-refractivity contribution >= 4 is 16.1 Å². The van der Waals surface area contributed by atoms with Crippen molar-refractivity contribution in [3.8, 4) is 0 Å². The third kappa shape index (κ3) is 4.45. The Balaban J connectivity index is 5.32. The van der Waals surface area contributed by atoms with Gasteiger partial charge in [0.25, 0.3) is 0 Å². The first-order chi connectivity index (χ1) is 10.6. The van der Waals surface area contributed by atoms with Gasteiger partial charge in [0.05, 0.1) is 18.4 Å². The highest BCUT2D eigenvalue weighted by atomic mass is 32.2. The summed E-state index contributed by atoms with van der Waals surface area (Å²) in [6, 6.07) is 0. The molecule has 0 rings (SSSR count). The molecule has 0 aliphatic heterocycles. The second-order valence-electron chi connectivity index (χ2n) is 8.21. The maximum Gasteiger partial charge on any atom is 0.431 e. The Labute approximate surface area is 145 Å². The van der Waals surface area contributed by atoms with E-state index < -0.39 is 56.5 Å². The molecule has 150 valence electrons. The van der Waals surface area contributed by atoms with Crippen LogP contribution in [0.4, 0.5) is 17.6 Å². The van der Waals surface area contributed by atoms with Gasteiger partial charge in [0, 0.05) is 0 Å². The van der Waals surface area contributed by atoms with Gasteiger partial charge in [-0.2, -0.15) is 26.0 Å². The van der Waals surface area contributed by atoms with Crippen LogP contribution in [0.3, 0.4) is 0 Å². The Morgan fingerprint density at radius 3 is 1.56 bits per heavy atom. The molecular formula is C15H26F4O5S. The molecule has 0 saturated heterocycles. The van der Waals surface area contributed by atoms with E-state index in [2.05, 4.69) is 0 Å². The molecule has 0 bridgehead atoms. The highest BCUT2D eigenvalue weighted by Gasteiger charge is 2.65. The fourth-order valence-electron chi connectivity index (χ4n) is 2.49. The Kier molecular flexibility index (Phi) is 6.44. The van der Waals surface area contributed by atoms with E-state index in [4.69, 9.17) is 9.29 Å². The molecule has 1 N–H and O–H groups in total. The first-order valence-corrected chi connectivity index (χ1v) is 8.97. The number of rotatable bonds is 6. The largest absolute Gasteiger partial charge is 0.465 e. The molecule has 10 heteroatoms. The number of hydrogen-bond acceptors (Lipinski definition) is 4. The molecule has 0 aliphatic carbocycles. The van der Waals surface area contributed by atoms with Crippen LogP contribution in [0, 0.1) is 16.2 Å². The van der Waals surface area contributed by atoms with E-state index in [0.717, 1.165) is 0 Å². The normalized spacial score (nSPS) is 15.2. The number of halogens is 4. The predicted octanol–water partition coefficient (Wildman–Crippen LogP) is 4.13. The van der Waals surface area contributed by atoms with E-state index in [-0.39, 0.29) is 0 Å². The first kappa shape index (κ1) is 24.1. The first-order valence-electron chi connectivity index (χ1n) is 7.53. The summed E-state index contributed by atoms with van der Waals surface area (Å²) in [7, 11) is -6.31. The maximum atomic E-state index is 13.4. The maximum absolute atomic E-state index is 13.4. The molecule has 0 spiro atoms. The van der Waals surface area contributed by atoms with Crippen LogP contribution in [-0.2, 0) is 19.6 Å². The minimum absolute atomic E-state index is 0.636. The van der Waals surface area contributed by atoms with Crippen LogP contribution in [0.15, 0.2) is 0 Å². The molecule has 0 unspecified atom stereocenters. The average Bonchev–Trinajstić information content (AvgIpc) is 2.32. The van der Waals surface area contributed by atoms with Crippen LogP contribution in [0.5, 0.6) is 0 Å². The number of hydrogen-bond donors (Lipinski definition) is 1. The molecule has 0 aromatic rings. The zero-order chi connectivity index (χ0) is 20.7. The average molecular weight is 394 g/mol. The monoisotopic (exact) mass is 394 g/mol. The molecular weight excluding hydrogens is 368 g/mol. The van der Waals surface area contributed by atoms with E-state index in [1.165, 1.54) is 0 Å². The molecule has 0 atom stereocenters. The third-order valence-electron chi connectivity index (χ3n) is 4.81. The second-order valence-corrected chi connectivity index (χ2v) is 9.67. The fraction of sp³-hybridized carbons (Fsp3) is 0.933. The third-order valence-corrected chi connectivity index (χ3v) is 5.75. The number of esters is 1. The standard InChI is InChI=1S/C15H26F4O5S/c1-11(2,3)13(7,12(4,5)6)10(20)24-9-8-14(16,17)15(18,19)25(21,22)23/h8-9H2,1-7H3,(H,21,22,23). The van der Waals surface area contributed by atoms with Gasteiger partial charge in [0.15, 0.2) is 0 Å². The Morgan fingerprint density at radius 2 is 1.28 bits per heavy atom. The van der Waals surface area contributed by atoms with Crippen molar-refractivity contribution in [3.63, 3.8) is 0 Å². The van der Waals surface area contributed by atoms with Crippen molar-refractivity contribution < 1.29 is 40.1 Å². The van der Waals surface area contributed by atoms with Gasteiger partial charge in [-0.05, 0) is 17.8 Å². The number of ether oxygens (including phenoxy) is 1. The Hall–Kier alpha value is -0.900. The summed E-state index contributed by atoms with van der Waals surface area (Å²) in [5.41, 5.74) is -2.41. The van der Waals surface area contributed by atoms with E-state index in [9.17, 15) is 30.8 Å². The van der Waals surface area contributed by atoms with Crippen molar-refractivity contribution in [2.75, 3.05) is 6.61 Å². The van der Waals surface area contributed by atoms with Crippen molar-refractivity contribution in [2.45, 2.75) is 66.1 Å². The van der Waals surface area contributed by atoms with Gasteiger partial charge < -0.3 is 4.74 Å². The molecule has 0 aromatic carbocycles. The summed E-state index contributed by atoms with van der Waals surface area (Å²) < 4.78 is 87.0. The molecule has 0 heterocycles. The summed E-state index contributed by atoms with van der Waals surface area (Å²) in [6.07, 6.45) is -1.75. The van der Waals surface area contributed by atoms with Crippen LogP contribution in [-0.4, -0.2) is 36.7 Å². The topological polar surface area (TPSA) is 80.7 Å². The molecule has 0 radical (unpaired) electrons. The fourth-order valence-corrected chi connectivity index (χ4v) is 2.97. The molecule has 25 heavy (non-hydrogen) atoms. The summed E-state index contributed by atoms with van der Waals surface area (Å²) >= 11 is 0. The lowest BCUT2D eigenvalue weighted by atomic mass is 9.55. The molecule has 0 fully saturated rings. The zero-order valence-electron chi connectivity index (χ0n) is 15.4. The highest BCUT2D eigenvalue weighted by Crippen LogP contribution is 2.52. The van der Waals surface area contributed by atoms with Gasteiger partial charge in [-0.25, -0.2) is 0 Å². The second kappa shape index (κ2) is 6.68. The highest BCUT2D eigenvalue weighted by molar-refractivity contribution is 7.87. The van der Waals surface area contributed by atoms with E-state index >= 15 is 0 Å². The summed E-state index contributed by atoms with van der Waals surface area (Å²) in [5, 5.41) is -5.68. The van der Waals surface area contributed by atoms with Crippen LogP contribution < -0.4 is 0 Å². The lowest BCUT2D eigenvalue weighted by Gasteiger charge is -2.48. The van der Waals surface area contributed by atoms with Gasteiger partial charge in [0.2, 0.25) is 0 Å². The molecule has 0 aliphatic rings. The summed E-state index contributed by atoms with van der Waals surface area (Å²) in [4.78, 5) is 12.5. The smallest absolute Gasteiger partial charge is 0.431 e. The van der Waals surface area contributed by atoms with Crippen LogP contribution >= 0.6 is 0 Å². The van der Waals surface area contributed by atoms with Crippen molar-refractivity contribution in [1.29, 1.82) is 0 Å². The van der Waals surface area contributed by atoms with Crippen molar-refractivity contribution in [3.05, 3.63) is 0 Å². The van der Waals surface area contributed by atoms with E-state index in [0.29, 0.717) is 0 Å². The van der Waals surface area contributed by atoms with Crippen LogP contribution in [0.1, 0.15) is 54.9 Å². The Bertz CT molecular complexity index is 586. The Morgan fingerprint density at radius 1 is 0.920 bits per heavy atom. The minimum atomic E-state index is -6.31. The van der Waals surface area contributed by atoms with Gasteiger partial charge >= 0.3 is 27.3 Å². The van der Waals surface area contributed by atoms with E-state index in [1.54, 1.807) is 48.5 Å². The van der Waals surface area contributed by atoms with Crippen LogP contribution in [0.25, 0.3) is 0 Å². The van der Waals surface area contributed by atoms with Crippen molar-refractivity contribution in [1.82, 2.24) is 0 Å². The molecule has 0 aromatic heterocycles. The molecule has 0 amide bonds. The SMILES string of the molecule is CC(C)(C)C(C)(C(=O)OCCC(F)(F)C(F)(F)S(=O)(=O)O)C(C)(C)C. The molecule has 0 saturated carbocycles. The van der Waals surface area contributed by atoms with E-state index in [1.807, 2.05) is 0 Å². The molecule has 5 nitrogen and oxygen atoms in total. The van der Waals surface area contributed by atoms with Crippen molar-refractivity contribution in [2.24, 2.45) is 16.2 Å². The number of alkyl halides is 4. The summed E-state index contributed by atoms with van der Waals surface area (Å²) in [6.45, 7) is 11.0. The number of carbonyl (C=O) groups excluding carboxylic acids is 1. The van der Waals surface area contributed by atoms with Gasteiger partial charge in [-0.15, -0.1) is 0 Å². The predicted molar refractivity (Wildman–Crippen MR) is 84.0 cm³/mol.